The number of thiol groups is 1. The number of aliphatic hydroxyl groups is 1. The Morgan fingerprint density at radius 3 is 2.71 bits per heavy atom. The highest BCUT2D eigenvalue weighted by atomic mass is 32.1. The number of carbonyl (C=O) groups is 1. The van der Waals surface area contributed by atoms with Gasteiger partial charge in [-0.15, -0.1) is 0 Å². The van der Waals surface area contributed by atoms with Crippen molar-refractivity contribution in [2.75, 3.05) is 45.1 Å². The zero-order valence-electron chi connectivity index (χ0n) is 8.35. The van der Waals surface area contributed by atoms with Crippen LogP contribution in [0.15, 0.2) is 0 Å². The number of aliphatic hydroxyl groups excluding tert-OH is 1. The van der Waals surface area contributed by atoms with Crippen molar-refractivity contribution in [2.45, 2.75) is 6.42 Å². The minimum Gasteiger partial charge on any atom is -0.395 e. The second-order valence-corrected chi connectivity index (χ2v) is 3.77. The van der Waals surface area contributed by atoms with Gasteiger partial charge in [0, 0.05) is 26.2 Å². The van der Waals surface area contributed by atoms with Gasteiger partial charge < -0.3 is 10.0 Å². The second kappa shape index (κ2) is 6.27. The Morgan fingerprint density at radius 1 is 1.29 bits per heavy atom. The van der Waals surface area contributed by atoms with Crippen LogP contribution in [0.5, 0.6) is 0 Å². The number of amides is 1. The molecule has 1 aliphatic heterocycles. The van der Waals surface area contributed by atoms with E-state index >= 15 is 0 Å². The van der Waals surface area contributed by atoms with Crippen molar-refractivity contribution in [3.05, 3.63) is 0 Å². The van der Waals surface area contributed by atoms with Gasteiger partial charge >= 0.3 is 0 Å². The molecule has 0 unspecified atom stereocenters. The lowest BCUT2D eigenvalue weighted by Gasteiger charge is -2.20. The highest BCUT2D eigenvalue weighted by Crippen LogP contribution is 2.03. The van der Waals surface area contributed by atoms with Crippen molar-refractivity contribution in [1.82, 2.24) is 9.80 Å². The molecule has 1 aliphatic rings. The van der Waals surface area contributed by atoms with E-state index in [1.165, 1.54) is 0 Å². The molecular formula is C9H18N2O2S. The third-order valence-corrected chi connectivity index (χ3v) is 2.76. The van der Waals surface area contributed by atoms with Crippen molar-refractivity contribution in [2.24, 2.45) is 0 Å². The normalized spacial score (nSPS) is 19.4. The monoisotopic (exact) mass is 218 g/mol. The molecule has 1 saturated heterocycles. The summed E-state index contributed by atoms with van der Waals surface area (Å²) >= 11 is 3.98. The standard InChI is InChI=1S/C9H18N2O2S/c12-7-6-10-2-1-3-11(5-4-10)9(13)8-14/h12,14H,1-8H2. The fourth-order valence-corrected chi connectivity index (χ4v) is 1.89. The van der Waals surface area contributed by atoms with Crippen LogP contribution in [-0.2, 0) is 4.79 Å². The van der Waals surface area contributed by atoms with E-state index in [4.69, 9.17) is 5.11 Å². The molecule has 1 amide bonds. The van der Waals surface area contributed by atoms with Crippen molar-refractivity contribution in [1.29, 1.82) is 0 Å². The van der Waals surface area contributed by atoms with E-state index in [1.54, 1.807) is 0 Å². The van der Waals surface area contributed by atoms with Crippen molar-refractivity contribution in [3.63, 3.8) is 0 Å². The SMILES string of the molecule is O=C(CS)N1CCCN(CCO)CC1. The predicted octanol–water partition coefficient (Wildman–Crippen LogP) is -0.557. The molecule has 0 saturated carbocycles. The first kappa shape index (κ1) is 11.8. The minimum atomic E-state index is 0.110. The Hall–Kier alpha value is -0.260. The third kappa shape index (κ3) is 3.48. The van der Waals surface area contributed by atoms with Crippen molar-refractivity contribution < 1.29 is 9.90 Å². The molecule has 0 radical (unpaired) electrons. The predicted molar refractivity (Wildman–Crippen MR) is 58.6 cm³/mol. The molecule has 0 aliphatic carbocycles. The van der Waals surface area contributed by atoms with Crippen LogP contribution in [0.25, 0.3) is 0 Å². The van der Waals surface area contributed by atoms with Crippen LogP contribution in [0.2, 0.25) is 0 Å². The lowest BCUT2D eigenvalue weighted by atomic mass is 10.4. The van der Waals surface area contributed by atoms with Crippen LogP contribution in [0.4, 0.5) is 0 Å². The van der Waals surface area contributed by atoms with Gasteiger partial charge in [0.1, 0.15) is 0 Å². The van der Waals surface area contributed by atoms with Crippen molar-refractivity contribution >= 4 is 18.5 Å². The molecule has 0 aromatic carbocycles. The van der Waals surface area contributed by atoms with E-state index in [2.05, 4.69) is 17.5 Å². The molecule has 0 aromatic heterocycles. The summed E-state index contributed by atoms with van der Waals surface area (Å²) in [5, 5.41) is 8.80. The molecule has 1 fully saturated rings. The molecule has 1 N–H and O–H groups in total. The zero-order chi connectivity index (χ0) is 10.4. The molecule has 1 rings (SSSR count). The first-order valence-electron chi connectivity index (χ1n) is 4.99. The van der Waals surface area contributed by atoms with Gasteiger partial charge in [-0.05, 0) is 13.0 Å². The molecule has 5 heteroatoms. The maximum Gasteiger partial charge on any atom is 0.232 e. The Bertz CT molecular complexity index is 190. The van der Waals surface area contributed by atoms with Gasteiger partial charge in [0.2, 0.25) is 5.91 Å². The zero-order valence-corrected chi connectivity index (χ0v) is 9.25. The lowest BCUT2D eigenvalue weighted by Crippen LogP contribution is -2.36. The van der Waals surface area contributed by atoms with Gasteiger partial charge in [-0.25, -0.2) is 0 Å². The smallest absolute Gasteiger partial charge is 0.232 e. The van der Waals surface area contributed by atoms with Crippen LogP contribution >= 0.6 is 12.6 Å². The van der Waals surface area contributed by atoms with Crippen LogP contribution in [0.3, 0.4) is 0 Å². The van der Waals surface area contributed by atoms with Crippen LogP contribution in [0, 0.1) is 0 Å². The van der Waals surface area contributed by atoms with E-state index in [-0.39, 0.29) is 12.5 Å². The summed E-state index contributed by atoms with van der Waals surface area (Å²) in [6.07, 6.45) is 0.986. The Morgan fingerprint density at radius 2 is 2.07 bits per heavy atom. The van der Waals surface area contributed by atoms with Gasteiger partial charge in [-0.2, -0.15) is 12.6 Å². The Balaban J connectivity index is 2.36. The topological polar surface area (TPSA) is 43.8 Å². The highest BCUT2D eigenvalue weighted by molar-refractivity contribution is 7.81. The maximum atomic E-state index is 11.4. The summed E-state index contributed by atoms with van der Waals surface area (Å²) in [6, 6.07) is 0. The molecule has 4 nitrogen and oxygen atoms in total. The average molecular weight is 218 g/mol. The fourth-order valence-electron chi connectivity index (χ4n) is 1.69. The number of rotatable bonds is 3. The summed E-state index contributed by atoms with van der Waals surface area (Å²) in [5.41, 5.74) is 0. The maximum absolute atomic E-state index is 11.4. The van der Waals surface area contributed by atoms with Crippen LogP contribution < -0.4 is 0 Å². The minimum absolute atomic E-state index is 0.110. The number of carbonyl (C=O) groups excluding carboxylic acids is 1. The number of β-amino-alcohol motifs (C(OH)–C–C–N with tert-alkyl or cyclic N) is 1. The van der Waals surface area contributed by atoms with Gasteiger partial charge in [0.05, 0.1) is 12.4 Å². The Labute approximate surface area is 90.3 Å². The van der Waals surface area contributed by atoms with E-state index in [9.17, 15) is 4.79 Å². The van der Waals surface area contributed by atoms with Gasteiger partial charge in [0.15, 0.2) is 0 Å². The van der Waals surface area contributed by atoms with E-state index in [0.29, 0.717) is 12.3 Å². The van der Waals surface area contributed by atoms with E-state index < -0.39 is 0 Å². The first-order valence-corrected chi connectivity index (χ1v) is 5.63. The summed E-state index contributed by atoms with van der Waals surface area (Å²) < 4.78 is 0. The number of nitrogens with zero attached hydrogens (tertiary/aromatic N) is 2. The third-order valence-electron chi connectivity index (χ3n) is 2.49. The van der Waals surface area contributed by atoms with Gasteiger partial charge in [-0.1, -0.05) is 0 Å². The van der Waals surface area contributed by atoms with Gasteiger partial charge in [0.25, 0.3) is 0 Å². The molecule has 0 aromatic rings. The van der Waals surface area contributed by atoms with Gasteiger partial charge in [-0.3, -0.25) is 9.69 Å². The number of hydrogen-bond acceptors (Lipinski definition) is 4. The molecule has 0 bridgehead atoms. The molecule has 1 heterocycles. The van der Waals surface area contributed by atoms with Crippen LogP contribution in [0.1, 0.15) is 6.42 Å². The Kier molecular flexibility index (Phi) is 5.29. The van der Waals surface area contributed by atoms with Crippen molar-refractivity contribution in [3.8, 4) is 0 Å². The quantitative estimate of drug-likeness (QED) is 0.624. The lowest BCUT2D eigenvalue weighted by molar-refractivity contribution is -0.128. The molecule has 82 valence electrons. The average Bonchev–Trinajstić information content (AvgIpc) is 2.43. The largest absolute Gasteiger partial charge is 0.395 e. The van der Waals surface area contributed by atoms with Crippen LogP contribution in [-0.4, -0.2) is 65.9 Å². The van der Waals surface area contributed by atoms with E-state index in [1.807, 2.05) is 4.90 Å². The molecular weight excluding hydrogens is 200 g/mol. The molecule has 0 atom stereocenters. The van der Waals surface area contributed by atoms with E-state index in [0.717, 1.165) is 32.6 Å². The fraction of sp³-hybridized carbons (Fsp3) is 0.889. The molecule has 0 spiro atoms. The second-order valence-electron chi connectivity index (χ2n) is 3.46. The first-order chi connectivity index (χ1) is 6.77. The summed E-state index contributed by atoms with van der Waals surface area (Å²) in [6.45, 7) is 4.32. The summed E-state index contributed by atoms with van der Waals surface area (Å²) in [7, 11) is 0. The summed E-state index contributed by atoms with van der Waals surface area (Å²) in [4.78, 5) is 15.4. The number of hydrogen-bond donors (Lipinski definition) is 2. The molecule has 14 heavy (non-hydrogen) atoms. The summed E-state index contributed by atoms with van der Waals surface area (Å²) in [5.74, 6) is 0.402. The highest BCUT2D eigenvalue weighted by Gasteiger charge is 2.17.